The van der Waals surface area contributed by atoms with Gasteiger partial charge >= 0.3 is 0 Å². The SMILES string of the molecule is C=CCc1cc(CN2CC[C@H](O)[C@H](O)C2)cc(OC)c1OCC. The summed E-state index contributed by atoms with van der Waals surface area (Å²) in [5.41, 5.74) is 2.15. The van der Waals surface area contributed by atoms with Gasteiger partial charge in [-0.25, -0.2) is 0 Å². The lowest BCUT2D eigenvalue weighted by Gasteiger charge is -2.33. The van der Waals surface area contributed by atoms with Gasteiger partial charge in [-0.2, -0.15) is 0 Å². The second-order valence-corrected chi connectivity index (χ2v) is 5.87. The van der Waals surface area contributed by atoms with Gasteiger partial charge in [-0.05, 0) is 31.4 Å². The molecule has 5 nitrogen and oxygen atoms in total. The Morgan fingerprint density at radius 2 is 2.13 bits per heavy atom. The van der Waals surface area contributed by atoms with E-state index in [1.54, 1.807) is 7.11 Å². The van der Waals surface area contributed by atoms with E-state index in [0.717, 1.165) is 29.2 Å². The van der Waals surface area contributed by atoms with Gasteiger partial charge in [0.25, 0.3) is 0 Å². The van der Waals surface area contributed by atoms with Crippen LogP contribution < -0.4 is 9.47 Å². The van der Waals surface area contributed by atoms with E-state index in [1.807, 2.05) is 19.1 Å². The first-order chi connectivity index (χ1) is 11.1. The van der Waals surface area contributed by atoms with Crippen LogP contribution in [-0.4, -0.2) is 54.1 Å². The summed E-state index contributed by atoms with van der Waals surface area (Å²) < 4.78 is 11.2. The molecule has 2 atom stereocenters. The average molecular weight is 321 g/mol. The van der Waals surface area contributed by atoms with Crippen molar-refractivity contribution in [2.24, 2.45) is 0 Å². The van der Waals surface area contributed by atoms with Crippen molar-refractivity contribution in [1.29, 1.82) is 0 Å². The molecule has 128 valence electrons. The summed E-state index contributed by atoms with van der Waals surface area (Å²) in [6.07, 6.45) is 1.86. The molecule has 1 heterocycles. The lowest BCUT2D eigenvalue weighted by molar-refractivity contribution is -0.0404. The summed E-state index contributed by atoms with van der Waals surface area (Å²) in [7, 11) is 1.64. The van der Waals surface area contributed by atoms with Gasteiger partial charge in [0.2, 0.25) is 0 Å². The van der Waals surface area contributed by atoms with Gasteiger partial charge < -0.3 is 19.7 Å². The molecule has 0 spiro atoms. The third-order valence-electron chi connectivity index (χ3n) is 4.10. The number of aliphatic hydroxyl groups excluding tert-OH is 2. The fourth-order valence-electron chi connectivity index (χ4n) is 2.97. The number of methoxy groups -OCH3 is 1. The fourth-order valence-corrected chi connectivity index (χ4v) is 2.97. The van der Waals surface area contributed by atoms with E-state index in [9.17, 15) is 10.2 Å². The van der Waals surface area contributed by atoms with Crippen molar-refractivity contribution in [2.75, 3.05) is 26.8 Å². The number of likely N-dealkylation sites (tertiary alicyclic amines) is 1. The predicted molar refractivity (Wildman–Crippen MR) is 90.0 cm³/mol. The Balaban J connectivity index is 2.21. The summed E-state index contributed by atoms with van der Waals surface area (Å²) in [5.74, 6) is 1.49. The summed E-state index contributed by atoms with van der Waals surface area (Å²) in [4.78, 5) is 2.14. The van der Waals surface area contributed by atoms with Crippen molar-refractivity contribution in [2.45, 2.75) is 38.5 Å². The van der Waals surface area contributed by atoms with Gasteiger partial charge in [-0.1, -0.05) is 12.1 Å². The highest BCUT2D eigenvalue weighted by molar-refractivity contribution is 5.50. The normalized spacial score (nSPS) is 21.9. The molecule has 1 saturated heterocycles. The second kappa shape index (κ2) is 8.34. The first-order valence-corrected chi connectivity index (χ1v) is 8.11. The molecule has 1 aliphatic rings. The molecular formula is C18H27NO4. The van der Waals surface area contributed by atoms with E-state index in [1.165, 1.54) is 0 Å². The molecule has 0 bridgehead atoms. The molecule has 1 aromatic carbocycles. The molecule has 0 aromatic heterocycles. The zero-order valence-corrected chi connectivity index (χ0v) is 14.0. The molecule has 0 aliphatic carbocycles. The van der Waals surface area contributed by atoms with Crippen LogP contribution in [0.25, 0.3) is 0 Å². The molecule has 1 aliphatic heterocycles. The highest BCUT2D eigenvalue weighted by Gasteiger charge is 2.26. The lowest BCUT2D eigenvalue weighted by Crippen LogP contribution is -2.46. The molecule has 0 unspecified atom stereocenters. The minimum absolute atomic E-state index is 0.480. The number of benzene rings is 1. The number of rotatable bonds is 7. The van der Waals surface area contributed by atoms with Crippen molar-refractivity contribution in [1.82, 2.24) is 4.90 Å². The maximum atomic E-state index is 9.83. The minimum atomic E-state index is -0.680. The third-order valence-corrected chi connectivity index (χ3v) is 4.10. The van der Waals surface area contributed by atoms with Crippen molar-refractivity contribution in [3.63, 3.8) is 0 Å². The van der Waals surface area contributed by atoms with Crippen LogP contribution in [0.5, 0.6) is 11.5 Å². The Kier molecular flexibility index (Phi) is 6.45. The van der Waals surface area contributed by atoms with Gasteiger partial charge in [0.1, 0.15) is 0 Å². The highest BCUT2D eigenvalue weighted by atomic mass is 16.5. The Morgan fingerprint density at radius 3 is 2.74 bits per heavy atom. The smallest absolute Gasteiger partial charge is 0.164 e. The van der Waals surface area contributed by atoms with E-state index in [0.29, 0.717) is 32.5 Å². The van der Waals surface area contributed by atoms with Crippen molar-refractivity contribution in [3.8, 4) is 11.5 Å². The van der Waals surface area contributed by atoms with Crippen LogP contribution in [-0.2, 0) is 13.0 Å². The van der Waals surface area contributed by atoms with Gasteiger partial charge in [0.05, 0.1) is 25.9 Å². The molecule has 2 rings (SSSR count). The molecule has 23 heavy (non-hydrogen) atoms. The lowest BCUT2D eigenvalue weighted by atomic mass is 10.0. The van der Waals surface area contributed by atoms with Gasteiger partial charge in [0.15, 0.2) is 11.5 Å². The van der Waals surface area contributed by atoms with E-state index in [-0.39, 0.29) is 0 Å². The zero-order valence-electron chi connectivity index (χ0n) is 14.0. The maximum absolute atomic E-state index is 9.83. The van der Waals surface area contributed by atoms with Gasteiger partial charge in [-0.15, -0.1) is 6.58 Å². The molecule has 2 N–H and O–H groups in total. The van der Waals surface area contributed by atoms with E-state index in [4.69, 9.17) is 9.47 Å². The quantitative estimate of drug-likeness (QED) is 0.749. The van der Waals surface area contributed by atoms with Crippen molar-refractivity contribution >= 4 is 0 Å². The number of β-amino-alcohol motifs (C(OH)–C–C–N with tert-alkyl or cyclic N) is 1. The molecule has 1 fully saturated rings. The van der Waals surface area contributed by atoms with Crippen LogP contribution in [0.1, 0.15) is 24.5 Å². The summed E-state index contributed by atoms with van der Waals surface area (Å²) in [6.45, 7) is 8.29. The number of nitrogens with zero attached hydrogens (tertiary/aromatic N) is 1. The molecular weight excluding hydrogens is 294 g/mol. The zero-order chi connectivity index (χ0) is 16.8. The van der Waals surface area contributed by atoms with Crippen LogP contribution in [0.3, 0.4) is 0 Å². The Bertz CT molecular complexity index is 532. The largest absolute Gasteiger partial charge is 0.493 e. The number of aliphatic hydroxyl groups is 2. The molecule has 0 amide bonds. The van der Waals surface area contributed by atoms with Crippen LogP contribution in [0.2, 0.25) is 0 Å². The monoisotopic (exact) mass is 321 g/mol. The second-order valence-electron chi connectivity index (χ2n) is 5.87. The van der Waals surface area contributed by atoms with Crippen LogP contribution in [0.4, 0.5) is 0 Å². The Labute approximate surface area is 138 Å². The molecule has 5 heteroatoms. The van der Waals surface area contributed by atoms with E-state index < -0.39 is 12.2 Å². The minimum Gasteiger partial charge on any atom is -0.493 e. The molecule has 1 aromatic rings. The first-order valence-electron chi connectivity index (χ1n) is 8.11. The number of hydrogen-bond donors (Lipinski definition) is 2. The average Bonchev–Trinajstić information content (AvgIpc) is 2.53. The Hall–Kier alpha value is -1.56. The summed E-state index contributed by atoms with van der Waals surface area (Å²) in [6, 6.07) is 4.08. The molecule has 0 radical (unpaired) electrons. The van der Waals surface area contributed by atoms with Crippen molar-refractivity contribution < 1.29 is 19.7 Å². The number of ether oxygens (including phenoxy) is 2. The fraction of sp³-hybridized carbons (Fsp3) is 0.556. The number of hydrogen-bond acceptors (Lipinski definition) is 5. The number of piperidine rings is 1. The van der Waals surface area contributed by atoms with Crippen LogP contribution in [0, 0.1) is 0 Å². The van der Waals surface area contributed by atoms with E-state index >= 15 is 0 Å². The van der Waals surface area contributed by atoms with Crippen LogP contribution >= 0.6 is 0 Å². The summed E-state index contributed by atoms with van der Waals surface area (Å²) >= 11 is 0. The highest BCUT2D eigenvalue weighted by Crippen LogP contribution is 2.34. The standard InChI is InChI=1S/C18H27NO4/c1-4-6-14-9-13(10-17(22-3)18(14)23-5-2)11-19-8-7-15(20)16(21)12-19/h4,9-10,15-16,20-21H,1,5-8,11-12H2,2-3H3/t15-,16+/m0/s1. The third kappa shape index (κ3) is 4.47. The summed E-state index contributed by atoms with van der Waals surface area (Å²) in [5, 5.41) is 19.5. The van der Waals surface area contributed by atoms with E-state index in [2.05, 4.69) is 17.5 Å². The topological polar surface area (TPSA) is 62.2 Å². The first kappa shape index (κ1) is 17.8. The van der Waals surface area contributed by atoms with Gasteiger partial charge in [0, 0.05) is 25.2 Å². The van der Waals surface area contributed by atoms with Gasteiger partial charge in [-0.3, -0.25) is 4.90 Å². The predicted octanol–water partition coefficient (Wildman–Crippen LogP) is 1.75. The maximum Gasteiger partial charge on any atom is 0.164 e. The van der Waals surface area contributed by atoms with Crippen LogP contribution in [0.15, 0.2) is 24.8 Å². The number of allylic oxidation sites excluding steroid dienone is 1. The Morgan fingerprint density at radius 1 is 1.35 bits per heavy atom. The van der Waals surface area contributed by atoms with Crippen molar-refractivity contribution in [3.05, 3.63) is 35.9 Å². The molecule has 0 saturated carbocycles.